The van der Waals surface area contributed by atoms with Crippen molar-refractivity contribution in [1.29, 1.82) is 0 Å². The molecule has 0 aliphatic rings. The number of rotatable bonds is 9. The van der Waals surface area contributed by atoms with Crippen LogP contribution in [-0.4, -0.2) is 56.4 Å². The number of aromatic carboxylic acids is 1. The number of furan rings is 1. The van der Waals surface area contributed by atoms with Gasteiger partial charge in [-0.15, -0.1) is 0 Å². The van der Waals surface area contributed by atoms with Gasteiger partial charge < -0.3 is 24.5 Å². The molecule has 0 bridgehead atoms. The fourth-order valence-electron chi connectivity index (χ4n) is 1.50. The molecule has 108 valence electrons. The van der Waals surface area contributed by atoms with Crippen LogP contribution in [0, 0.1) is 0 Å². The summed E-state index contributed by atoms with van der Waals surface area (Å²) < 4.78 is 10.7. The number of hydrogen-bond acceptors (Lipinski definition) is 5. The van der Waals surface area contributed by atoms with Crippen molar-refractivity contribution in [3.05, 3.63) is 23.7 Å². The number of nitrogens with zero attached hydrogens (tertiary/aromatic N) is 1. The molecule has 6 heteroatoms. The van der Waals surface area contributed by atoms with E-state index in [1.165, 1.54) is 6.07 Å². The van der Waals surface area contributed by atoms with Crippen molar-refractivity contribution in [1.82, 2.24) is 10.2 Å². The Morgan fingerprint density at radius 3 is 2.79 bits per heavy atom. The third-order valence-electron chi connectivity index (χ3n) is 2.64. The maximum Gasteiger partial charge on any atom is 0.371 e. The normalized spacial score (nSPS) is 12.8. The van der Waals surface area contributed by atoms with Crippen molar-refractivity contribution in [3.63, 3.8) is 0 Å². The Morgan fingerprint density at radius 2 is 2.21 bits per heavy atom. The first-order valence-electron chi connectivity index (χ1n) is 6.29. The molecular weight excluding hydrogens is 248 g/mol. The molecule has 0 amide bonds. The Labute approximate surface area is 113 Å². The van der Waals surface area contributed by atoms with Gasteiger partial charge in [0.1, 0.15) is 5.76 Å². The second kappa shape index (κ2) is 7.93. The van der Waals surface area contributed by atoms with E-state index >= 15 is 0 Å². The molecule has 1 heterocycles. The van der Waals surface area contributed by atoms with Crippen LogP contribution in [0.5, 0.6) is 0 Å². The molecule has 0 aliphatic carbocycles. The van der Waals surface area contributed by atoms with Gasteiger partial charge in [-0.05, 0) is 33.2 Å². The Morgan fingerprint density at radius 1 is 1.47 bits per heavy atom. The van der Waals surface area contributed by atoms with Crippen LogP contribution in [0.3, 0.4) is 0 Å². The zero-order chi connectivity index (χ0) is 14.3. The summed E-state index contributed by atoms with van der Waals surface area (Å²) in [6.45, 7) is 4.83. The van der Waals surface area contributed by atoms with Crippen molar-refractivity contribution in [2.24, 2.45) is 0 Å². The lowest BCUT2D eigenvalue weighted by molar-refractivity contribution is 0.0659. The molecule has 0 radical (unpaired) electrons. The zero-order valence-electron chi connectivity index (χ0n) is 11.7. The van der Waals surface area contributed by atoms with Crippen molar-refractivity contribution in [2.75, 3.05) is 40.4 Å². The molecule has 19 heavy (non-hydrogen) atoms. The summed E-state index contributed by atoms with van der Waals surface area (Å²) in [5.41, 5.74) is 0. The van der Waals surface area contributed by atoms with Gasteiger partial charge in [-0.1, -0.05) is 0 Å². The summed E-state index contributed by atoms with van der Waals surface area (Å²) in [6.07, 6.45) is 0. The summed E-state index contributed by atoms with van der Waals surface area (Å²) in [7, 11) is 4.00. The molecule has 1 atom stereocenters. The van der Waals surface area contributed by atoms with Crippen molar-refractivity contribution in [3.8, 4) is 0 Å². The van der Waals surface area contributed by atoms with E-state index in [2.05, 4.69) is 10.2 Å². The summed E-state index contributed by atoms with van der Waals surface area (Å²) in [4.78, 5) is 12.7. The van der Waals surface area contributed by atoms with Crippen LogP contribution in [0.15, 0.2) is 16.5 Å². The van der Waals surface area contributed by atoms with E-state index in [1.54, 1.807) is 6.07 Å². The van der Waals surface area contributed by atoms with Crippen molar-refractivity contribution < 1.29 is 19.1 Å². The van der Waals surface area contributed by atoms with Gasteiger partial charge in [0.05, 0.1) is 19.3 Å². The number of likely N-dealkylation sites (N-methyl/N-ethyl adjacent to an activating group) is 1. The first kappa shape index (κ1) is 15.7. The SMILES string of the molecule is CC(NCCOCCN(C)C)c1ccc(C(=O)O)o1. The summed E-state index contributed by atoms with van der Waals surface area (Å²) >= 11 is 0. The third kappa shape index (κ3) is 5.87. The maximum atomic E-state index is 10.7. The van der Waals surface area contributed by atoms with Gasteiger partial charge >= 0.3 is 5.97 Å². The van der Waals surface area contributed by atoms with Gasteiger partial charge in [-0.25, -0.2) is 4.79 Å². The summed E-state index contributed by atoms with van der Waals surface area (Å²) in [5.74, 6) is -0.470. The average Bonchev–Trinajstić information content (AvgIpc) is 2.82. The molecule has 1 aromatic rings. The first-order valence-corrected chi connectivity index (χ1v) is 6.29. The van der Waals surface area contributed by atoms with Crippen LogP contribution in [0.1, 0.15) is 29.3 Å². The van der Waals surface area contributed by atoms with E-state index < -0.39 is 5.97 Å². The quantitative estimate of drug-likeness (QED) is 0.657. The van der Waals surface area contributed by atoms with E-state index in [4.69, 9.17) is 14.3 Å². The number of carboxylic acids is 1. The fraction of sp³-hybridized carbons (Fsp3) is 0.615. The molecule has 0 fully saturated rings. The Hall–Kier alpha value is -1.37. The highest BCUT2D eigenvalue weighted by atomic mass is 16.5. The molecule has 2 N–H and O–H groups in total. The predicted molar refractivity (Wildman–Crippen MR) is 71.5 cm³/mol. The zero-order valence-corrected chi connectivity index (χ0v) is 11.7. The highest BCUT2D eigenvalue weighted by molar-refractivity contribution is 5.84. The van der Waals surface area contributed by atoms with E-state index in [1.807, 2.05) is 21.0 Å². The van der Waals surface area contributed by atoms with E-state index in [9.17, 15) is 4.79 Å². The number of hydrogen-bond donors (Lipinski definition) is 2. The van der Waals surface area contributed by atoms with Crippen molar-refractivity contribution >= 4 is 5.97 Å². The molecule has 1 rings (SSSR count). The standard InChI is InChI=1S/C13H22N2O4/c1-10(11-4-5-12(19-11)13(16)17)14-6-8-18-9-7-15(2)3/h4-5,10,14H,6-9H2,1-3H3,(H,16,17). The van der Waals surface area contributed by atoms with Crippen LogP contribution in [0.2, 0.25) is 0 Å². The molecule has 0 saturated heterocycles. The number of carboxylic acid groups (broad SMARTS) is 1. The minimum Gasteiger partial charge on any atom is -0.475 e. The maximum absolute atomic E-state index is 10.7. The van der Waals surface area contributed by atoms with Gasteiger partial charge in [-0.2, -0.15) is 0 Å². The number of ether oxygens (including phenoxy) is 1. The summed E-state index contributed by atoms with van der Waals surface area (Å²) in [5, 5.41) is 12.0. The van der Waals surface area contributed by atoms with E-state index in [0.29, 0.717) is 25.5 Å². The van der Waals surface area contributed by atoms with Gasteiger partial charge in [0.2, 0.25) is 5.76 Å². The van der Waals surface area contributed by atoms with Gasteiger partial charge in [0.25, 0.3) is 0 Å². The minimum absolute atomic E-state index is 0.0362. The predicted octanol–water partition coefficient (Wildman–Crippen LogP) is 1.21. The van der Waals surface area contributed by atoms with Gasteiger partial charge in [-0.3, -0.25) is 0 Å². The van der Waals surface area contributed by atoms with E-state index in [0.717, 1.165) is 6.54 Å². The van der Waals surface area contributed by atoms with Gasteiger partial charge in [0.15, 0.2) is 0 Å². The smallest absolute Gasteiger partial charge is 0.371 e. The monoisotopic (exact) mass is 270 g/mol. The molecule has 6 nitrogen and oxygen atoms in total. The first-order chi connectivity index (χ1) is 9.00. The summed E-state index contributed by atoms with van der Waals surface area (Å²) in [6, 6.07) is 3.10. The highest BCUT2D eigenvalue weighted by Gasteiger charge is 2.13. The highest BCUT2D eigenvalue weighted by Crippen LogP contribution is 2.15. The topological polar surface area (TPSA) is 74.9 Å². The number of carbonyl (C=O) groups is 1. The molecule has 1 aromatic heterocycles. The Bertz CT molecular complexity index is 390. The van der Waals surface area contributed by atoms with Crippen LogP contribution in [0.25, 0.3) is 0 Å². The molecule has 0 saturated carbocycles. The molecule has 0 spiro atoms. The van der Waals surface area contributed by atoms with Gasteiger partial charge in [0, 0.05) is 13.1 Å². The second-order valence-electron chi connectivity index (χ2n) is 4.60. The molecule has 1 unspecified atom stereocenters. The van der Waals surface area contributed by atoms with E-state index in [-0.39, 0.29) is 11.8 Å². The molecule has 0 aromatic carbocycles. The largest absolute Gasteiger partial charge is 0.475 e. The Kier molecular flexibility index (Phi) is 6.55. The third-order valence-corrected chi connectivity index (χ3v) is 2.64. The molecule has 0 aliphatic heterocycles. The minimum atomic E-state index is -1.05. The lowest BCUT2D eigenvalue weighted by Crippen LogP contribution is -2.25. The van der Waals surface area contributed by atoms with Crippen LogP contribution < -0.4 is 5.32 Å². The lowest BCUT2D eigenvalue weighted by Gasteiger charge is -2.13. The van der Waals surface area contributed by atoms with Crippen LogP contribution >= 0.6 is 0 Å². The second-order valence-corrected chi connectivity index (χ2v) is 4.60. The fourth-order valence-corrected chi connectivity index (χ4v) is 1.50. The number of nitrogens with one attached hydrogen (secondary N) is 1. The lowest BCUT2D eigenvalue weighted by atomic mass is 10.2. The van der Waals surface area contributed by atoms with Crippen LogP contribution in [-0.2, 0) is 4.74 Å². The molecular formula is C13H22N2O4. The van der Waals surface area contributed by atoms with Crippen molar-refractivity contribution in [2.45, 2.75) is 13.0 Å². The Balaban J connectivity index is 2.20. The van der Waals surface area contributed by atoms with Crippen LogP contribution in [0.4, 0.5) is 0 Å². The average molecular weight is 270 g/mol.